The highest BCUT2D eigenvalue weighted by Crippen LogP contribution is 2.25. The molecule has 1 unspecified atom stereocenters. The molecule has 0 aromatic rings. The Morgan fingerprint density at radius 3 is 2.47 bits per heavy atom. The highest BCUT2D eigenvalue weighted by molar-refractivity contribution is 5.85. The largest absolute Gasteiger partial charge is 0.464 e. The standard InChI is InChI=1S/C13H22N2O3.ClH/c1-11(16)18-10-13(5-4-6-14-13)9-12(17)15-7-2-3-8-15;/h14H,2-10H2,1H3;1H. The molecule has 0 radical (unpaired) electrons. The Labute approximate surface area is 120 Å². The molecule has 2 fully saturated rings. The first kappa shape index (κ1) is 16.2. The van der Waals surface area contributed by atoms with Crippen LogP contribution in [0.25, 0.3) is 0 Å². The molecule has 2 saturated heterocycles. The number of carbonyl (C=O) groups is 2. The summed E-state index contributed by atoms with van der Waals surface area (Å²) in [6.45, 7) is 4.37. The SMILES string of the molecule is CC(=O)OCC1(CC(=O)N2CCCC2)CCCN1.Cl. The lowest BCUT2D eigenvalue weighted by molar-refractivity contribution is -0.145. The molecule has 1 N–H and O–H groups in total. The van der Waals surface area contributed by atoms with Gasteiger partial charge in [0.1, 0.15) is 6.61 Å². The van der Waals surface area contributed by atoms with Crippen LogP contribution < -0.4 is 5.32 Å². The minimum Gasteiger partial charge on any atom is -0.464 e. The fraction of sp³-hybridized carbons (Fsp3) is 0.846. The van der Waals surface area contributed by atoms with E-state index in [9.17, 15) is 9.59 Å². The fourth-order valence-corrected chi connectivity index (χ4v) is 2.80. The van der Waals surface area contributed by atoms with Crippen LogP contribution in [0.3, 0.4) is 0 Å². The average molecular weight is 291 g/mol. The Balaban J connectivity index is 0.00000180. The summed E-state index contributed by atoms with van der Waals surface area (Å²) in [6.07, 6.45) is 4.60. The highest BCUT2D eigenvalue weighted by atomic mass is 35.5. The Morgan fingerprint density at radius 2 is 1.95 bits per heavy atom. The Bertz CT molecular complexity index is 324. The molecule has 6 heteroatoms. The quantitative estimate of drug-likeness (QED) is 0.788. The van der Waals surface area contributed by atoms with Crippen molar-refractivity contribution in [3.05, 3.63) is 0 Å². The van der Waals surface area contributed by atoms with Crippen molar-refractivity contribution in [2.24, 2.45) is 0 Å². The Kier molecular flexibility index (Phi) is 6.07. The molecule has 0 bridgehead atoms. The number of nitrogens with one attached hydrogen (secondary N) is 1. The van der Waals surface area contributed by atoms with Crippen LogP contribution in [0.2, 0.25) is 0 Å². The number of halogens is 1. The van der Waals surface area contributed by atoms with Crippen molar-refractivity contribution in [2.45, 2.75) is 44.6 Å². The smallest absolute Gasteiger partial charge is 0.302 e. The third-order valence-corrected chi connectivity index (χ3v) is 3.83. The van der Waals surface area contributed by atoms with Crippen LogP contribution >= 0.6 is 12.4 Å². The van der Waals surface area contributed by atoms with Crippen LogP contribution in [0.5, 0.6) is 0 Å². The third kappa shape index (κ3) is 4.35. The van der Waals surface area contributed by atoms with Gasteiger partial charge in [-0.1, -0.05) is 0 Å². The van der Waals surface area contributed by atoms with E-state index in [1.54, 1.807) is 0 Å². The van der Waals surface area contributed by atoms with E-state index in [0.29, 0.717) is 13.0 Å². The van der Waals surface area contributed by atoms with Crippen molar-refractivity contribution in [1.29, 1.82) is 0 Å². The second-order valence-corrected chi connectivity index (χ2v) is 5.36. The van der Waals surface area contributed by atoms with Crippen molar-refractivity contribution in [3.63, 3.8) is 0 Å². The molecular formula is C13H23ClN2O3. The molecule has 1 amide bonds. The first-order valence-electron chi connectivity index (χ1n) is 6.77. The van der Waals surface area contributed by atoms with Crippen LogP contribution in [0.15, 0.2) is 0 Å². The van der Waals surface area contributed by atoms with Gasteiger partial charge < -0.3 is 15.0 Å². The van der Waals surface area contributed by atoms with Gasteiger partial charge in [0.2, 0.25) is 5.91 Å². The number of rotatable bonds is 4. The zero-order valence-electron chi connectivity index (χ0n) is 11.4. The van der Waals surface area contributed by atoms with Crippen molar-refractivity contribution in [2.75, 3.05) is 26.2 Å². The minimum atomic E-state index is -0.328. The summed E-state index contributed by atoms with van der Waals surface area (Å²) in [5.74, 6) is -0.0919. The van der Waals surface area contributed by atoms with E-state index < -0.39 is 0 Å². The molecule has 1 atom stereocenters. The summed E-state index contributed by atoms with van der Waals surface area (Å²) >= 11 is 0. The lowest BCUT2D eigenvalue weighted by Crippen LogP contribution is -2.48. The highest BCUT2D eigenvalue weighted by Gasteiger charge is 2.38. The average Bonchev–Trinajstić information content (AvgIpc) is 2.98. The van der Waals surface area contributed by atoms with E-state index in [1.165, 1.54) is 6.92 Å². The van der Waals surface area contributed by atoms with Crippen molar-refractivity contribution in [3.8, 4) is 0 Å². The summed E-state index contributed by atoms with van der Waals surface area (Å²) in [6, 6.07) is 0. The van der Waals surface area contributed by atoms with Gasteiger partial charge in [0.15, 0.2) is 0 Å². The number of likely N-dealkylation sites (tertiary alicyclic amines) is 1. The third-order valence-electron chi connectivity index (χ3n) is 3.83. The number of ether oxygens (including phenoxy) is 1. The van der Waals surface area contributed by atoms with E-state index in [-0.39, 0.29) is 29.8 Å². The second kappa shape index (κ2) is 7.10. The fourth-order valence-electron chi connectivity index (χ4n) is 2.80. The van der Waals surface area contributed by atoms with Gasteiger partial charge >= 0.3 is 5.97 Å². The zero-order valence-corrected chi connectivity index (χ0v) is 12.3. The van der Waals surface area contributed by atoms with Crippen molar-refractivity contribution in [1.82, 2.24) is 10.2 Å². The van der Waals surface area contributed by atoms with E-state index in [2.05, 4.69) is 5.32 Å². The van der Waals surface area contributed by atoms with E-state index in [4.69, 9.17) is 4.74 Å². The molecule has 0 aromatic carbocycles. The minimum absolute atomic E-state index is 0. The van der Waals surface area contributed by atoms with Gasteiger partial charge in [0.05, 0.1) is 5.54 Å². The summed E-state index contributed by atoms with van der Waals surface area (Å²) < 4.78 is 5.12. The van der Waals surface area contributed by atoms with Crippen LogP contribution in [-0.2, 0) is 14.3 Å². The summed E-state index contributed by atoms with van der Waals surface area (Å²) in [5, 5.41) is 3.36. The zero-order chi connectivity index (χ0) is 13.0. The van der Waals surface area contributed by atoms with Gasteiger partial charge in [-0.05, 0) is 32.2 Å². The van der Waals surface area contributed by atoms with Crippen LogP contribution in [0.1, 0.15) is 39.0 Å². The maximum absolute atomic E-state index is 12.2. The van der Waals surface area contributed by atoms with E-state index in [0.717, 1.165) is 45.3 Å². The lowest BCUT2D eigenvalue weighted by atomic mass is 9.93. The number of esters is 1. The number of carbonyl (C=O) groups excluding carboxylic acids is 2. The number of amides is 1. The van der Waals surface area contributed by atoms with Crippen LogP contribution in [0, 0.1) is 0 Å². The predicted molar refractivity (Wildman–Crippen MR) is 74.3 cm³/mol. The van der Waals surface area contributed by atoms with E-state index in [1.807, 2.05) is 4.90 Å². The topological polar surface area (TPSA) is 58.6 Å². The monoisotopic (exact) mass is 290 g/mol. The molecule has 5 nitrogen and oxygen atoms in total. The first-order valence-corrected chi connectivity index (χ1v) is 6.77. The van der Waals surface area contributed by atoms with Gasteiger partial charge in [-0.3, -0.25) is 9.59 Å². The Morgan fingerprint density at radius 1 is 1.26 bits per heavy atom. The maximum atomic E-state index is 12.2. The molecule has 2 aliphatic heterocycles. The van der Waals surface area contributed by atoms with Gasteiger partial charge in [-0.15, -0.1) is 12.4 Å². The molecule has 0 spiro atoms. The molecule has 0 aliphatic carbocycles. The molecule has 2 aliphatic rings. The van der Waals surface area contributed by atoms with Crippen LogP contribution in [0.4, 0.5) is 0 Å². The summed E-state index contributed by atoms with van der Waals surface area (Å²) in [4.78, 5) is 25.1. The molecule has 19 heavy (non-hydrogen) atoms. The maximum Gasteiger partial charge on any atom is 0.302 e. The molecule has 2 heterocycles. The van der Waals surface area contributed by atoms with Crippen molar-refractivity contribution < 1.29 is 14.3 Å². The molecule has 0 saturated carbocycles. The first-order chi connectivity index (χ1) is 8.61. The Hall–Kier alpha value is -0.810. The van der Waals surface area contributed by atoms with Gasteiger partial charge in [0, 0.05) is 26.4 Å². The lowest BCUT2D eigenvalue weighted by Gasteiger charge is -2.30. The molecule has 2 rings (SSSR count). The van der Waals surface area contributed by atoms with Crippen molar-refractivity contribution >= 4 is 24.3 Å². The van der Waals surface area contributed by atoms with Crippen LogP contribution in [-0.4, -0.2) is 48.6 Å². The normalized spacial score (nSPS) is 26.1. The number of hydrogen-bond donors (Lipinski definition) is 1. The summed E-state index contributed by atoms with van der Waals surface area (Å²) in [7, 11) is 0. The number of nitrogens with zero attached hydrogens (tertiary/aromatic N) is 1. The predicted octanol–water partition coefficient (Wildman–Crippen LogP) is 1.11. The van der Waals surface area contributed by atoms with Gasteiger partial charge in [0.25, 0.3) is 0 Å². The molecular weight excluding hydrogens is 268 g/mol. The van der Waals surface area contributed by atoms with Gasteiger partial charge in [-0.2, -0.15) is 0 Å². The summed E-state index contributed by atoms with van der Waals surface area (Å²) in [5.41, 5.74) is -0.328. The second-order valence-electron chi connectivity index (χ2n) is 5.36. The number of hydrogen-bond acceptors (Lipinski definition) is 4. The van der Waals surface area contributed by atoms with Gasteiger partial charge in [-0.25, -0.2) is 0 Å². The van der Waals surface area contributed by atoms with E-state index >= 15 is 0 Å². The molecule has 110 valence electrons. The molecule has 0 aromatic heterocycles.